The molecule has 3 atom stereocenters. The zero-order valence-electron chi connectivity index (χ0n) is 15.7. The van der Waals surface area contributed by atoms with Crippen LogP contribution in [0.1, 0.15) is 51.3 Å². The first-order valence-electron chi connectivity index (χ1n) is 8.84. The molecule has 0 amide bonds. The molecule has 3 unspecified atom stereocenters. The van der Waals surface area contributed by atoms with Crippen LogP contribution in [0.5, 0.6) is 0 Å². The molecule has 0 aromatic carbocycles. The number of thiophene rings is 1. The summed E-state index contributed by atoms with van der Waals surface area (Å²) in [4.78, 5) is 5.75. The Hall–Kier alpha value is -0.150. The van der Waals surface area contributed by atoms with Crippen molar-refractivity contribution in [1.82, 2.24) is 10.6 Å². The first-order valence-corrected chi connectivity index (χ1v) is 11.1. The highest BCUT2D eigenvalue weighted by atomic mass is 127. The third-order valence-electron chi connectivity index (χ3n) is 4.73. The number of halogens is 1. The van der Waals surface area contributed by atoms with Crippen molar-refractivity contribution in [2.45, 2.75) is 63.2 Å². The van der Waals surface area contributed by atoms with Crippen LogP contribution in [0.25, 0.3) is 0 Å². The molecule has 1 aromatic rings. The zero-order chi connectivity index (χ0) is 17.6. The predicted octanol–water partition coefficient (Wildman–Crippen LogP) is 3.89. The second-order valence-electron chi connectivity index (χ2n) is 7.09. The summed E-state index contributed by atoms with van der Waals surface area (Å²) in [5.74, 6) is 1.62. The zero-order valence-corrected chi connectivity index (χ0v) is 19.7. The summed E-state index contributed by atoms with van der Waals surface area (Å²) < 4.78 is 12.1. The molecule has 2 rings (SSSR count). The lowest BCUT2D eigenvalue weighted by Gasteiger charge is -2.31. The van der Waals surface area contributed by atoms with Gasteiger partial charge in [0.25, 0.3) is 0 Å². The smallest absolute Gasteiger partial charge is 0.191 e. The molecule has 1 fully saturated rings. The summed E-state index contributed by atoms with van der Waals surface area (Å²) in [6.45, 7) is 7.35. The molecule has 0 saturated heterocycles. The van der Waals surface area contributed by atoms with Crippen LogP contribution in [-0.2, 0) is 16.2 Å². The van der Waals surface area contributed by atoms with E-state index in [1.165, 1.54) is 4.88 Å². The minimum Gasteiger partial charge on any atom is -0.356 e. The van der Waals surface area contributed by atoms with Gasteiger partial charge in [-0.05, 0) is 30.7 Å². The lowest BCUT2D eigenvalue weighted by Crippen LogP contribution is -2.49. The molecule has 7 heteroatoms. The number of hydrogen-bond donors (Lipinski definition) is 2. The van der Waals surface area contributed by atoms with Crippen molar-refractivity contribution >= 4 is 52.1 Å². The van der Waals surface area contributed by atoms with E-state index in [0.29, 0.717) is 11.3 Å². The quantitative estimate of drug-likeness (QED) is 0.356. The number of aliphatic imine (C=N–C) groups is 1. The Morgan fingerprint density at radius 3 is 2.80 bits per heavy atom. The molecule has 1 aliphatic rings. The molecule has 1 aliphatic carbocycles. The lowest BCUT2D eigenvalue weighted by atomic mass is 9.91. The first kappa shape index (κ1) is 22.9. The van der Waals surface area contributed by atoms with Crippen molar-refractivity contribution in [1.29, 1.82) is 0 Å². The molecule has 1 heterocycles. The minimum atomic E-state index is -0.688. The molecule has 2 N–H and O–H groups in total. The second-order valence-corrected chi connectivity index (χ2v) is 10.0. The van der Waals surface area contributed by atoms with Gasteiger partial charge in [-0.15, -0.1) is 35.3 Å². The maximum atomic E-state index is 12.1. The molecule has 0 radical (unpaired) electrons. The highest BCUT2D eigenvalue weighted by Crippen LogP contribution is 2.27. The van der Waals surface area contributed by atoms with Gasteiger partial charge in [0.2, 0.25) is 0 Å². The highest BCUT2D eigenvalue weighted by molar-refractivity contribution is 14.0. The van der Waals surface area contributed by atoms with E-state index < -0.39 is 10.8 Å². The molecule has 4 nitrogen and oxygen atoms in total. The average molecular weight is 498 g/mol. The lowest BCUT2D eigenvalue weighted by molar-refractivity contribution is 0.411. The monoisotopic (exact) mass is 497 g/mol. The number of hydrogen-bond acceptors (Lipinski definition) is 3. The molecule has 144 valence electrons. The number of nitrogens with zero attached hydrogens (tertiary/aromatic N) is 1. The molecule has 1 aromatic heterocycles. The van der Waals surface area contributed by atoms with Crippen molar-refractivity contribution in [2.24, 2.45) is 4.99 Å². The second kappa shape index (κ2) is 10.9. The number of rotatable bonds is 6. The van der Waals surface area contributed by atoms with Crippen molar-refractivity contribution < 1.29 is 4.21 Å². The van der Waals surface area contributed by atoms with Crippen molar-refractivity contribution in [3.05, 3.63) is 22.4 Å². The highest BCUT2D eigenvalue weighted by Gasteiger charge is 2.27. The van der Waals surface area contributed by atoms with Gasteiger partial charge in [-0.3, -0.25) is 9.20 Å². The van der Waals surface area contributed by atoms with Crippen LogP contribution >= 0.6 is 35.3 Å². The van der Waals surface area contributed by atoms with Gasteiger partial charge < -0.3 is 10.6 Å². The predicted molar refractivity (Wildman–Crippen MR) is 122 cm³/mol. The Morgan fingerprint density at radius 2 is 2.20 bits per heavy atom. The van der Waals surface area contributed by atoms with Crippen LogP contribution < -0.4 is 10.6 Å². The normalized spacial score (nSPS) is 22.8. The van der Waals surface area contributed by atoms with Gasteiger partial charge in [-0.2, -0.15) is 0 Å². The molecule has 25 heavy (non-hydrogen) atoms. The van der Waals surface area contributed by atoms with Crippen molar-refractivity contribution in [2.75, 3.05) is 19.3 Å². The maximum Gasteiger partial charge on any atom is 0.191 e. The Balaban J connectivity index is 0.00000312. The van der Waals surface area contributed by atoms with Gasteiger partial charge in [0.1, 0.15) is 0 Å². The SMILES string of the molecule is CCS(=O)C1CCCC(NC(=NC)NCC(C)(C)c2cccs2)C1.I. The van der Waals surface area contributed by atoms with Gasteiger partial charge in [0.15, 0.2) is 5.96 Å². The molecular formula is C18H32IN3OS2. The van der Waals surface area contributed by atoms with Gasteiger partial charge in [0.05, 0.1) is 0 Å². The summed E-state index contributed by atoms with van der Waals surface area (Å²) in [6, 6.07) is 4.66. The topological polar surface area (TPSA) is 53.5 Å². The summed E-state index contributed by atoms with van der Waals surface area (Å²) in [7, 11) is 1.13. The fourth-order valence-corrected chi connectivity index (χ4v) is 5.39. The third-order valence-corrected chi connectivity index (χ3v) is 7.71. The van der Waals surface area contributed by atoms with E-state index in [1.807, 2.05) is 14.0 Å². The van der Waals surface area contributed by atoms with E-state index in [4.69, 9.17) is 0 Å². The van der Waals surface area contributed by atoms with Gasteiger partial charge in [-0.25, -0.2) is 0 Å². The van der Waals surface area contributed by atoms with Crippen LogP contribution in [0.3, 0.4) is 0 Å². The van der Waals surface area contributed by atoms with E-state index in [-0.39, 0.29) is 29.4 Å². The number of guanidine groups is 1. The summed E-state index contributed by atoms with van der Waals surface area (Å²) in [5, 5.41) is 9.47. The fourth-order valence-electron chi connectivity index (χ4n) is 3.19. The maximum absolute atomic E-state index is 12.1. The first-order chi connectivity index (χ1) is 11.5. The van der Waals surface area contributed by atoms with E-state index in [2.05, 4.69) is 47.0 Å². The Bertz CT molecular complexity index is 561. The van der Waals surface area contributed by atoms with Gasteiger partial charge in [-0.1, -0.05) is 33.3 Å². The Labute approximate surface area is 176 Å². The van der Waals surface area contributed by atoms with Crippen molar-refractivity contribution in [3.8, 4) is 0 Å². The standard InChI is InChI=1S/C18H31N3OS2.HI/c1-5-24(22)15-9-6-8-14(12-15)21-17(19-4)20-13-18(2,3)16-10-7-11-23-16;/h7,10-11,14-15H,5-6,8-9,12-13H2,1-4H3,(H2,19,20,21);1H. The van der Waals surface area contributed by atoms with E-state index in [0.717, 1.165) is 43.9 Å². The Morgan fingerprint density at radius 1 is 1.44 bits per heavy atom. The van der Waals surface area contributed by atoms with Crippen LogP contribution in [0.2, 0.25) is 0 Å². The minimum absolute atomic E-state index is 0. The largest absolute Gasteiger partial charge is 0.356 e. The molecule has 0 bridgehead atoms. The van der Waals surface area contributed by atoms with Crippen molar-refractivity contribution in [3.63, 3.8) is 0 Å². The molecular weight excluding hydrogens is 465 g/mol. The van der Waals surface area contributed by atoms with Gasteiger partial charge >= 0.3 is 0 Å². The van der Waals surface area contributed by atoms with E-state index >= 15 is 0 Å². The molecule has 0 spiro atoms. The average Bonchev–Trinajstić information content (AvgIpc) is 3.13. The summed E-state index contributed by atoms with van der Waals surface area (Å²) in [5.41, 5.74) is 0.0740. The summed E-state index contributed by atoms with van der Waals surface area (Å²) >= 11 is 1.80. The molecule has 1 saturated carbocycles. The van der Waals surface area contributed by atoms with Crippen LogP contribution in [0.4, 0.5) is 0 Å². The van der Waals surface area contributed by atoms with E-state index in [9.17, 15) is 4.21 Å². The number of nitrogens with one attached hydrogen (secondary N) is 2. The summed E-state index contributed by atoms with van der Waals surface area (Å²) in [6.07, 6.45) is 4.35. The van der Waals surface area contributed by atoms with Gasteiger partial charge in [0, 0.05) is 51.7 Å². The van der Waals surface area contributed by atoms with E-state index in [1.54, 1.807) is 11.3 Å². The Kier molecular flexibility index (Phi) is 9.95. The van der Waals surface area contributed by atoms with Crippen LogP contribution in [-0.4, -0.2) is 40.8 Å². The fraction of sp³-hybridized carbons (Fsp3) is 0.722. The third kappa shape index (κ3) is 6.82. The van der Waals surface area contributed by atoms with Crippen LogP contribution in [0, 0.1) is 0 Å². The van der Waals surface area contributed by atoms with Crippen LogP contribution in [0.15, 0.2) is 22.5 Å². The molecule has 0 aliphatic heterocycles.